The zero-order chi connectivity index (χ0) is 21.8. The van der Waals surface area contributed by atoms with Crippen molar-refractivity contribution in [3.05, 3.63) is 70.2 Å². The molecule has 5 rings (SSSR count). The number of rotatable bonds is 7. The Kier molecular flexibility index (Phi) is 5.99. The lowest BCUT2D eigenvalue weighted by atomic mass is 9.78. The van der Waals surface area contributed by atoms with Gasteiger partial charge in [0.15, 0.2) is 11.5 Å². The summed E-state index contributed by atoms with van der Waals surface area (Å²) in [6.07, 6.45) is 4.43. The molecule has 0 atom stereocenters. The Labute approximate surface area is 191 Å². The van der Waals surface area contributed by atoms with E-state index in [2.05, 4.69) is 22.4 Å². The molecule has 1 amide bonds. The summed E-state index contributed by atoms with van der Waals surface area (Å²) in [6, 6.07) is 13.5. The number of benzene rings is 2. The van der Waals surface area contributed by atoms with E-state index in [1.54, 1.807) is 29.0 Å². The van der Waals surface area contributed by atoms with Crippen LogP contribution in [0.1, 0.15) is 47.3 Å². The van der Waals surface area contributed by atoms with Crippen molar-refractivity contribution in [2.24, 2.45) is 0 Å². The maximum atomic E-state index is 12.9. The summed E-state index contributed by atoms with van der Waals surface area (Å²) in [5.74, 6) is 2.26. The van der Waals surface area contributed by atoms with E-state index in [-0.39, 0.29) is 11.3 Å². The van der Waals surface area contributed by atoms with Crippen LogP contribution in [0.25, 0.3) is 0 Å². The molecular weight excluding hydrogens is 424 g/mol. The second kappa shape index (κ2) is 9.20. The summed E-state index contributed by atoms with van der Waals surface area (Å²) in [5, 5.41) is 5.13. The fourth-order valence-corrected chi connectivity index (χ4v) is 5.06. The van der Waals surface area contributed by atoms with Crippen molar-refractivity contribution in [1.29, 1.82) is 0 Å². The molecule has 2 aromatic carbocycles. The first kappa shape index (κ1) is 20.8. The number of fused-ring (bicyclic) bond motifs is 1. The van der Waals surface area contributed by atoms with Crippen LogP contribution in [-0.4, -0.2) is 30.6 Å². The number of hydrogen-bond acceptors (Lipinski definition) is 6. The van der Waals surface area contributed by atoms with Crippen molar-refractivity contribution in [1.82, 2.24) is 10.3 Å². The van der Waals surface area contributed by atoms with Crippen molar-refractivity contribution in [2.75, 3.05) is 19.8 Å². The normalized spacial score (nSPS) is 16.5. The molecule has 32 heavy (non-hydrogen) atoms. The monoisotopic (exact) mass is 450 g/mol. The smallest absolute Gasteiger partial charge is 0.251 e. The second-order valence-corrected chi connectivity index (χ2v) is 9.04. The van der Waals surface area contributed by atoms with Crippen LogP contribution in [-0.2, 0) is 12.0 Å². The molecule has 1 saturated carbocycles. The summed E-state index contributed by atoms with van der Waals surface area (Å²) in [6.45, 7) is 2.19. The molecule has 0 saturated heterocycles. The lowest BCUT2D eigenvalue weighted by molar-refractivity contribution is 0.0943. The minimum Gasteiger partial charge on any atom is -0.487 e. The summed E-state index contributed by atoms with van der Waals surface area (Å²) >= 11 is 1.54. The molecule has 2 aliphatic rings. The summed E-state index contributed by atoms with van der Waals surface area (Å²) in [4.78, 5) is 17.1. The fourth-order valence-electron chi connectivity index (χ4n) is 4.51. The maximum absolute atomic E-state index is 12.9. The summed E-state index contributed by atoms with van der Waals surface area (Å²) in [5.41, 5.74) is 4.46. The van der Waals surface area contributed by atoms with E-state index in [1.807, 2.05) is 23.6 Å². The first-order valence-electron chi connectivity index (χ1n) is 11.0. The number of carbonyl (C=O) groups excluding carboxylic acids is 1. The third-order valence-corrected chi connectivity index (χ3v) is 6.92. The highest BCUT2D eigenvalue weighted by Crippen LogP contribution is 2.43. The summed E-state index contributed by atoms with van der Waals surface area (Å²) in [7, 11) is 0. The largest absolute Gasteiger partial charge is 0.487 e. The lowest BCUT2D eigenvalue weighted by Crippen LogP contribution is -2.39. The van der Waals surface area contributed by atoms with Crippen LogP contribution in [0.5, 0.6) is 17.2 Å². The highest BCUT2D eigenvalue weighted by molar-refractivity contribution is 7.07. The standard InChI is InChI=1S/C25H26N2O4S/c28-24(18-3-6-21(7-4-18)31-14-20-15-32-17-27-20)26-16-25(9-1-2-10-25)19-5-8-22-23(13-19)30-12-11-29-22/h3-8,13,15,17H,1-2,9-12,14,16H2,(H,26,28). The predicted octanol–water partition coefficient (Wildman–Crippen LogP) is 4.74. The molecule has 0 radical (unpaired) electrons. The molecule has 1 fully saturated rings. The van der Waals surface area contributed by atoms with Crippen LogP contribution in [0.2, 0.25) is 0 Å². The van der Waals surface area contributed by atoms with Gasteiger partial charge in [-0.2, -0.15) is 0 Å². The Morgan fingerprint density at radius 3 is 2.59 bits per heavy atom. The molecule has 1 aliphatic heterocycles. The number of carbonyl (C=O) groups is 1. The quantitative estimate of drug-likeness (QED) is 0.563. The Morgan fingerprint density at radius 1 is 1.06 bits per heavy atom. The van der Waals surface area contributed by atoms with Crippen molar-refractivity contribution in [3.63, 3.8) is 0 Å². The van der Waals surface area contributed by atoms with Gasteiger partial charge >= 0.3 is 0 Å². The SMILES string of the molecule is O=C(NCC1(c2ccc3c(c2)OCCO3)CCCC1)c1ccc(OCc2cscn2)cc1. The number of thiazole rings is 1. The maximum Gasteiger partial charge on any atom is 0.251 e. The number of hydrogen-bond donors (Lipinski definition) is 1. The Balaban J connectivity index is 1.23. The molecule has 6 nitrogen and oxygen atoms in total. The topological polar surface area (TPSA) is 69.7 Å². The Bertz CT molecular complexity index is 1060. The van der Waals surface area contributed by atoms with Crippen molar-refractivity contribution in [3.8, 4) is 17.2 Å². The van der Waals surface area contributed by atoms with Gasteiger partial charge in [0.1, 0.15) is 25.6 Å². The zero-order valence-electron chi connectivity index (χ0n) is 17.8. The van der Waals surface area contributed by atoms with E-state index in [0.29, 0.717) is 31.9 Å². The van der Waals surface area contributed by atoms with Gasteiger partial charge in [-0.15, -0.1) is 11.3 Å². The highest BCUT2D eigenvalue weighted by atomic mass is 32.1. The van der Waals surface area contributed by atoms with Gasteiger partial charge in [0, 0.05) is 22.9 Å². The second-order valence-electron chi connectivity index (χ2n) is 8.32. The Morgan fingerprint density at radius 2 is 1.84 bits per heavy atom. The van der Waals surface area contributed by atoms with E-state index < -0.39 is 0 Å². The number of nitrogens with one attached hydrogen (secondary N) is 1. The molecule has 1 aliphatic carbocycles. The highest BCUT2D eigenvalue weighted by Gasteiger charge is 2.36. The first-order chi connectivity index (χ1) is 15.7. The van der Waals surface area contributed by atoms with Gasteiger partial charge < -0.3 is 19.5 Å². The molecule has 0 unspecified atom stereocenters. The molecule has 2 heterocycles. The number of aromatic nitrogens is 1. The minimum atomic E-state index is -0.0696. The Hall–Kier alpha value is -3.06. The molecule has 7 heteroatoms. The van der Waals surface area contributed by atoms with E-state index >= 15 is 0 Å². The van der Waals surface area contributed by atoms with Gasteiger partial charge in [-0.25, -0.2) is 4.98 Å². The zero-order valence-corrected chi connectivity index (χ0v) is 18.7. The fraction of sp³-hybridized carbons (Fsp3) is 0.360. The molecule has 0 spiro atoms. The molecule has 1 N–H and O–H groups in total. The molecule has 166 valence electrons. The van der Waals surface area contributed by atoms with E-state index in [9.17, 15) is 4.79 Å². The average Bonchev–Trinajstić information content (AvgIpc) is 3.54. The predicted molar refractivity (Wildman–Crippen MR) is 123 cm³/mol. The van der Waals surface area contributed by atoms with E-state index in [0.717, 1.165) is 48.6 Å². The van der Waals surface area contributed by atoms with Crippen LogP contribution in [0, 0.1) is 0 Å². The third-order valence-electron chi connectivity index (χ3n) is 6.29. The number of ether oxygens (including phenoxy) is 3. The van der Waals surface area contributed by atoms with Crippen molar-refractivity contribution in [2.45, 2.75) is 37.7 Å². The van der Waals surface area contributed by atoms with Crippen molar-refractivity contribution >= 4 is 17.2 Å². The molecule has 3 aromatic rings. The van der Waals surface area contributed by atoms with E-state index in [1.165, 1.54) is 5.56 Å². The van der Waals surface area contributed by atoms with Crippen LogP contribution in [0.4, 0.5) is 0 Å². The van der Waals surface area contributed by atoms with Gasteiger partial charge in [-0.3, -0.25) is 4.79 Å². The number of nitrogens with zero attached hydrogens (tertiary/aromatic N) is 1. The summed E-state index contributed by atoms with van der Waals surface area (Å²) < 4.78 is 17.2. The van der Waals surface area contributed by atoms with Gasteiger partial charge in [0.05, 0.1) is 11.2 Å². The molecular formula is C25H26N2O4S. The van der Waals surface area contributed by atoms with Gasteiger partial charge in [-0.05, 0) is 54.8 Å². The van der Waals surface area contributed by atoms with Gasteiger partial charge in [-0.1, -0.05) is 18.9 Å². The van der Waals surface area contributed by atoms with Gasteiger partial charge in [0.2, 0.25) is 0 Å². The average molecular weight is 451 g/mol. The van der Waals surface area contributed by atoms with Crippen LogP contribution < -0.4 is 19.5 Å². The lowest BCUT2D eigenvalue weighted by Gasteiger charge is -2.31. The van der Waals surface area contributed by atoms with Crippen LogP contribution in [0.15, 0.2) is 53.4 Å². The number of amides is 1. The van der Waals surface area contributed by atoms with Crippen molar-refractivity contribution < 1.29 is 19.0 Å². The minimum absolute atomic E-state index is 0.0674. The van der Waals surface area contributed by atoms with Gasteiger partial charge in [0.25, 0.3) is 5.91 Å². The third kappa shape index (κ3) is 4.43. The van der Waals surface area contributed by atoms with Crippen LogP contribution >= 0.6 is 11.3 Å². The van der Waals surface area contributed by atoms with E-state index in [4.69, 9.17) is 14.2 Å². The molecule has 1 aromatic heterocycles. The first-order valence-corrected chi connectivity index (χ1v) is 11.9. The molecule has 0 bridgehead atoms. The van der Waals surface area contributed by atoms with Crippen LogP contribution in [0.3, 0.4) is 0 Å².